The van der Waals surface area contributed by atoms with Crippen LogP contribution in [0.4, 0.5) is 10.1 Å². The normalized spacial score (nSPS) is 16.9. The van der Waals surface area contributed by atoms with Gasteiger partial charge in [-0.05, 0) is 30.2 Å². The van der Waals surface area contributed by atoms with Crippen molar-refractivity contribution >= 4 is 22.4 Å². The molecule has 2 rings (SSSR count). The van der Waals surface area contributed by atoms with Gasteiger partial charge in [-0.3, -0.25) is 9.00 Å². The van der Waals surface area contributed by atoms with E-state index in [0.29, 0.717) is 17.4 Å². The topological polar surface area (TPSA) is 58.2 Å². The van der Waals surface area contributed by atoms with Crippen molar-refractivity contribution < 1.29 is 13.4 Å². The van der Waals surface area contributed by atoms with Crippen LogP contribution in [0.3, 0.4) is 0 Å². The highest BCUT2D eigenvalue weighted by molar-refractivity contribution is 7.85. The average molecular weight is 270 g/mol. The summed E-state index contributed by atoms with van der Waals surface area (Å²) in [5, 5.41) is 5.69. The zero-order valence-electron chi connectivity index (χ0n) is 9.82. The maximum Gasteiger partial charge on any atom is 0.236 e. The van der Waals surface area contributed by atoms with Crippen LogP contribution in [-0.4, -0.2) is 34.7 Å². The molecule has 0 saturated carbocycles. The number of carbonyl (C=O) groups excluding carboxylic acids is 1. The van der Waals surface area contributed by atoms with Crippen LogP contribution in [0.25, 0.3) is 0 Å². The molecule has 1 heterocycles. The molecule has 1 atom stereocenters. The fraction of sp³-hybridized carbons (Fsp3) is 0.417. The zero-order valence-corrected chi connectivity index (χ0v) is 10.6. The number of rotatable bonds is 5. The molecule has 4 nitrogen and oxygen atoms in total. The van der Waals surface area contributed by atoms with Crippen LogP contribution in [0, 0.1) is 11.7 Å². The monoisotopic (exact) mass is 270 g/mol. The van der Waals surface area contributed by atoms with Gasteiger partial charge in [0.05, 0.1) is 0 Å². The molecular formula is C12H15FN2O2S. The van der Waals surface area contributed by atoms with Crippen LogP contribution < -0.4 is 10.6 Å². The molecule has 1 aromatic carbocycles. The number of anilines is 1. The summed E-state index contributed by atoms with van der Waals surface area (Å²) in [5.41, 5.74) is 0.517. The summed E-state index contributed by atoms with van der Waals surface area (Å²) in [6, 6.07) is 5.50. The molecule has 0 aliphatic carbocycles. The number of benzene rings is 1. The lowest BCUT2D eigenvalue weighted by atomic mass is 10.1. The Hall–Kier alpha value is -1.27. The van der Waals surface area contributed by atoms with Gasteiger partial charge in [0.25, 0.3) is 0 Å². The van der Waals surface area contributed by atoms with Gasteiger partial charge in [-0.15, -0.1) is 0 Å². The van der Waals surface area contributed by atoms with Gasteiger partial charge >= 0.3 is 0 Å². The molecule has 1 unspecified atom stereocenters. The van der Waals surface area contributed by atoms with Gasteiger partial charge in [0, 0.05) is 35.3 Å². The zero-order chi connectivity index (χ0) is 13.0. The molecular weight excluding hydrogens is 255 g/mol. The molecule has 0 radical (unpaired) electrons. The lowest BCUT2D eigenvalue weighted by Gasteiger charge is -2.26. The average Bonchev–Trinajstić information content (AvgIpc) is 2.27. The quantitative estimate of drug-likeness (QED) is 0.829. The highest BCUT2D eigenvalue weighted by Gasteiger charge is 2.20. The Morgan fingerprint density at radius 3 is 2.61 bits per heavy atom. The maximum absolute atomic E-state index is 12.7. The summed E-state index contributed by atoms with van der Waals surface area (Å²) < 4.78 is 24.3. The Morgan fingerprint density at radius 1 is 1.39 bits per heavy atom. The summed E-state index contributed by atoms with van der Waals surface area (Å²) in [6.45, 7) is 1.76. The van der Waals surface area contributed by atoms with E-state index in [1.807, 2.05) is 0 Å². The molecule has 0 bridgehead atoms. The first-order valence-corrected chi connectivity index (χ1v) is 7.23. The predicted octanol–water partition coefficient (Wildman–Crippen LogP) is 0.732. The molecule has 18 heavy (non-hydrogen) atoms. The smallest absolute Gasteiger partial charge is 0.236 e. The number of halogens is 1. The third-order valence-corrected chi connectivity index (χ3v) is 4.14. The molecule has 1 fully saturated rings. The van der Waals surface area contributed by atoms with Crippen molar-refractivity contribution in [2.45, 2.75) is 0 Å². The van der Waals surface area contributed by atoms with Gasteiger partial charge in [-0.1, -0.05) is 0 Å². The molecule has 1 aliphatic heterocycles. The standard InChI is InChI=1S/C12H15FN2O2S/c13-10-1-3-11(4-2-10)15-12(16)8-18(17)7-9-5-14-6-9/h1-4,9,14H,5-8H2,(H,15,16). The van der Waals surface area contributed by atoms with Crippen molar-refractivity contribution in [2.75, 3.05) is 29.9 Å². The summed E-state index contributed by atoms with van der Waals surface area (Å²) >= 11 is 0. The minimum atomic E-state index is -1.13. The Bertz CT molecular complexity index is 446. The van der Waals surface area contributed by atoms with Crippen molar-refractivity contribution in [3.63, 3.8) is 0 Å². The highest BCUT2D eigenvalue weighted by Crippen LogP contribution is 2.09. The summed E-state index contributed by atoms with van der Waals surface area (Å²) in [5.74, 6) is 0.322. The molecule has 2 N–H and O–H groups in total. The predicted molar refractivity (Wildman–Crippen MR) is 69.3 cm³/mol. The van der Waals surface area contributed by atoms with Gasteiger partial charge in [-0.2, -0.15) is 0 Å². The second-order valence-corrected chi connectivity index (χ2v) is 5.83. The lowest BCUT2D eigenvalue weighted by molar-refractivity contribution is -0.113. The fourth-order valence-electron chi connectivity index (χ4n) is 1.66. The van der Waals surface area contributed by atoms with E-state index >= 15 is 0 Å². The minimum Gasteiger partial charge on any atom is -0.325 e. The maximum atomic E-state index is 12.7. The molecule has 6 heteroatoms. The van der Waals surface area contributed by atoms with Crippen LogP contribution in [0.2, 0.25) is 0 Å². The first-order valence-electron chi connectivity index (χ1n) is 5.74. The largest absolute Gasteiger partial charge is 0.325 e. The number of carbonyl (C=O) groups is 1. The third-order valence-electron chi connectivity index (χ3n) is 2.71. The molecule has 0 spiro atoms. The third kappa shape index (κ3) is 3.89. The van der Waals surface area contributed by atoms with Crippen molar-refractivity contribution in [1.29, 1.82) is 0 Å². The van der Waals surface area contributed by atoms with Gasteiger partial charge in [-0.25, -0.2) is 4.39 Å². The van der Waals surface area contributed by atoms with E-state index in [9.17, 15) is 13.4 Å². The van der Waals surface area contributed by atoms with Crippen molar-refractivity contribution in [1.82, 2.24) is 5.32 Å². The van der Waals surface area contributed by atoms with E-state index in [1.54, 1.807) is 0 Å². The van der Waals surface area contributed by atoms with Gasteiger partial charge in [0.2, 0.25) is 5.91 Å². The van der Waals surface area contributed by atoms with E-state index < -0.39 is 10.8 Å². The Kier molecular flexibility index (Phi) is 4.43. The first kappa shape index (κ1) is 13.2. The van der Waals surface area contributed by atoms with Crippen LogP contribution in [-0.2, 0) is 15.6 Å². The van der Waals surface area contributed by atoms with Crippen molar-refractivity contribution in [3.05, 3.63) is 30.1 Å². The summed E-state index contributed by atoms with van der Waals surface area (Å²) in [6.07, 6.45) is 0. The van der Waals surface area contributed by atoms with E-state index in [1.165, 1.54) is 24.3 Å². The van der Waals surface area contributed by atoms with E-state index in [-0.39, 0.29) is 17.5 Å². The van der Waals surface area contributed by atoms with Crippen LogP contribution in [0.5, 0.6) is 0 Å². The molecule has 1 amide bonds. The Labute approximate surface area is 107 Å². The van der Waals surface area contributed by atoms with Crippen LogP contribution in [0.15, 0.2) is 24.3 Å². The van der Waals surface area contributed by atoms with Crippen molar-refractivity contribution in [2.24, 2.45) is 5.92 Å². The van der Waals surface area contributed by atoms with Crippen LogP contribution >= 0.6 is 0 Å². The summed E-state index contributed by atoms with van der Waals surface area (Å²) in [4.78, 5) is 11.6. The fourth-order valence-corrected chi connectivity index (χ4v) is 2.91. The van der Waals surface area contributed by atoms with E-state index in [0.717, 1.165) is 13.1 Å². The molecule has 0 aromatic heterocycles. The first-order chi connectivity index (χ1) is 8.63. The SMILES string of the molecule is O=C(CS(=O)CC1CNC1)Nc1ccc(F)cc1. The number of hydrogen-bond donors (Lipinski definition) is 2. The second kappa shape index (κ2) is 6.06. The number of nitrogens with one attached hydrogen (secondary N) is 2. The lowest BCUT2D eigenvalue weighted by Crippen LogP contribution is -2.45. The second-order valence-electron chi connectivity index (χ2n) is 4.33. The summed E-state index contributed by atoms with van der Waals surface area (Å²) in [7, 11) is -1.13. The van der Waals surface area contributed by atoms with E-state index in [2.05, 4.69) is 10.6 Å². The molecule has 1 aromatic rings. The van der Waals surface area contributed by atoms with Gasteiger partial charge in [0.1, 0.15) is 11.6 Å². The molecule has 98 valence electrons. The van der Waals surface area contributed by atoms with Crippen LogP contribution in [0.1, 0.15) is 0 Å². The van der Waals surface area contributed by atoms with Gasteiger partial charge < -0.3 is 10.6 Å². The number of hydrogen-bond acceptors (Lipinski definition) is 3. The number of amides is 1. The highest BCUT2D eigenvalue weighted by atomic mass is 32.2. The van der Waals surface area contributed by atoms with Crippen molar-refractivity contribution in [3.8, 4) is 0 Å². The molecule has 1 aliphatic rings. The van der Waals surface area contributed by atoms with E-state index in [4.69, 9.17) is 0 Å². The Balaban J connectivity index is 1.77. The molecule has 1 saturated heterocycles. The Morgan fingerprint density at radius 2 is 2.06 bits per heavy atom. The van der Waals surface area contributed by atoms with Gasteiger partial charge in [0.15, 0.2) is 0 Å². The minimum absolute atomic E-state index is 0.00607.